The molecule has 0 amide bonds. The molecule has 2 aromatic carbocycles. The van der Waals surface area contributed by atoms with E-state index in [-0.39, 0.29) is 60.2 Å². The Labute approximate surface area is 279 Å². The van der Waals surface area contributed by atoms with E-state index in [1.165, 1.54) is 33.3 Å². The summed E-state index contributed by atoms with van der Waals surface area (Å²) in [5, 5.41) is 0. The molecule has 0 N–H and O–H groups in total. The predicted octanol–water partition coefficient (Wildman–Crippen LogP) is 0.466. The molecule has 0 aliphatic heterocycles. The molecule has 0 aliphatic carbocycles. The molecule has 0 fully saturated rings. The second-order valence-corrected chi connectivity index (χ2v) is 12.3. The molecule has 17 heteroatoms. The third-order valence-corrected chi connectivity index (χ3v) is 7.92. The van der Waals surface area contributed by atoms with E-state index >= 15 is 0 Å². The van der Waals surface area contributed by atoms with Crippen molar-refractivity contribution in [3.05, 3.63) is 92.8 Å². The first-order valence-electron chi connectivity index (χ1n) is 12.4. The van der Waals surface area contributed by atoms with E-state index in [0.29, 0.717) is 22.8 Å². The van der Waals surface area contributed by atoms with Crippen molar-refractivity contribution in [3.8, 4) is 11.4 Å². The third kappa shape index (κ3) is 8.62. The van der Waals surface area contributed by atoms with Gasteiger partial charge < -0.3 is 18.9 Å². The second kappa shape index (κ2) is 14.3. The minimum absolute atomic E-state index is 0. The molecular formula is C26H32CaN6O8S2. The van der Waals surface area contributed by atoms with Crippen molar-refractivity contribution >= 4 is 69.3 Å². The number of hydrogen-bond acceptors (Lipinski definition) is 10. The SMILES string of the molecule is Cc1c(N(C)CS(=O)(=O)[O-])c(=O)n(-c2ccccc2)n1C.Cc1c(N(C)CS(=O)(=O)[O-])c(=O)n(-c2ccccc2)n1C.[Ca+2]. The topological polar surface area (TPSA) is 175 Å². The summed E-state index contributed by atoms with van der Waals surface area (Å²) < 4.78 is 71.4. The number of hydrogen-bond donors (Lipinski definition) is 0. The maximum absolute atomic E-state index is 12.5. The molecule has 0 aliphatic rings. The fourth-order valence-electron chi connectivity index (χ4n) is 4.59. The Balaban J connectivity index is 0.000000293. The number of anilines is 2. The number of rotatable bonds is 8. The summed E-state index contributed by atoms with van der Waals surface area (Å²) in [5.74, 6) is -1.50. The van der Waals surface area contributed by atoms with Crippen LogP contribution in [0.4, 0.5) is 11.4 Å². The van der Waals surface area contributed by atoms with Gasteiger partial charge in [-0.05, 0) is 38.1 Å². The largest absolute Gasteiger partial charge is 2.00 e. The zero-order chi connectivity index (χ0) is 31.6. The van der Waals surface area contributed by atoms with Crippen LogP contribution in [-0.4, -0.2) is 108 Å². The first kappa shape index (κ1) is 36.3. The van der Waals surface area contributed by atoms with Gasteiger partial charge in [-0.15, -0.1) is 0 Å². The number of nitrogens with zero attached hydrogens (tertiary/aromatic N) is 6. The smallest absolute Gasteiger partial charge is 0.747 e. The Hall–Kier alpha value is -2.86. The van der Waals surface area contributed by atoms with Crippen LogP contribution in [0.15, 0.2) is 70.3 Å². The summed E-state index contributed by atoms with van der Waals surface area (Å²) in [5.41, 5.74) is 2.14. The molecule has 0 bridgehead atoms. The van der Waals surface area contributed by atoms with E-state index < -0.39 is 32.0 Å². The van der Waals surface area contributed by atoms with Gasteiger partial charge in [0.15, 0.2) is 0 Å². The molecule has 4 aromatic rings. The summed E-state index contributed by atoms with van der Waals surface area (Å²) in [6, 6.07) is 18.0. The molecule has 14 nitrogen and oxygen atoms in total. The summed E-state index contributed by atoms with van der Waals surface area (Å²) in [4.78, 5) is 27.4. The van der Waals surface area contributed by atoms with Crippen molar-refractivity contribution in [1.29, 1.82) is 0 Å². The van der Waals surface area contributed by atoms with Crippen molar-refractivity contribution in [2.75, 3.05) is 35.6 Å². The average Bonchev–Trinajstić information content (AvgIpc) is 3.25. The van der Waals surface area contributed by atoms with Crippen LogP contribution in [0.2, 0.25) is 0 Å². The fraction of sp³-hybridized carbons (Fsp3) is 0.308. The standard InChI is InChI=1S/2C13H17N3O4S.Ca/c2*1-10-12(14(2)9-21(18,19)20)13(17)16(15(10)3)11-7-5-4-6-8-11;/h2*4-8H,9H2,1-3H3,(H,18,19,20);/q;;+2/p-2. The van der Waals surface area contributed by atoms with Crippen molar-refractivity contribution in [2.24, 2.45) is 14.1 Å². The molecule has 2 aromatic heterocycles. The van der Waals surface area contributed by atoms with Crippen LogP contribution in [0.25, 0.3) is 11.4 Å². The van der Waals surface area contributed by atoms with E-state index in [0.717, 1.165) is 0 Å². The van der Waals surface area contributed by atoms with E-state index in [1.54, 1.807) is 85.8 Å². The number of para-hydroxylation sites is 2. The summed E-state index contributed by atoms with van der Waals surface area (Å²) in [7, 11) is -2.68. The van der Waals surface area contributed by atoms with Gasteiger partial charge in [0.05, 0.1) is 22.8 Å². The van der Waals surface area contributed by atoms with Gasteiger partial charge >= 0.3 is 37.7 Å². The van der Waals surface area contributed by atoms with Crippen LogP contribution in [0, 0.1) is 13.8 Å². The third-order valence-electron chi connectivity index (χ3n) is 6.51. The van der Waals surface area contributed by atoms with Crippen LogP contribution < -0.4 is 20.9 Å². The predicted molar refractivity (Wildman–Crippen MR) is 163 cm³/mol. The van der Waals surface area contributed by atoms with Crippen molar-refractivity contribution in [2.45, 2.75) is 13.8 Å². The first-order valence-corrected chi connectivity index (χ1v) is 15.6. The maximum atomic E-state index is 12.5. The maximum Gasteiger partial charge on any atom is 2.00 e. The Kier molecular flexibility index (Phi) is 12.1. The Morgan fingerprint density at radius 1 is 0.628 bits per heavy atom. The minimum Gasteiger partial charge on any atom is -0.747 e. The van der Waals surface area contributed by atoms with Crippen molar-refractivity contribution in [1.82, 2.24) is 18.7 Å². The molecular weight excluding hydrogens is 629 g/mol. The zero-order valence-electron chi connectivity index (χ0n) is 24.7. The summed E-state index contributed by atoms with van der Waals surface area (Å²) in [6.07, 6.45) is 0. The van der Waals surface area contributed by atoms with Gasteiger partial charge in [-0.3, -0.25) is 19.0 Å². The summed E-state index contributed by atoms with van der Waals surface area (Å²) >= 11 is 0. The van der Waals surface area contributed by atoms with Crippen LogP contribution in [0.5, 0.6) is 0 Å². The van der Waals surface area contributed by atoms with Gasteiger partial charge in [-0.25, -0.2) is 26.2 Å². The van der Waals surface area contributed by atoms with Gasteiger partial charge in [-0.1, -0.05) is 36.4 Å². The fourth-order valence-corrected chi connectivity index (χ4v) is 5.80. The molecule has 0 unspecified atom stereocenters. The molecule has 0 atom stereocenters. The zero-order valence-corrected chi connectivity index (χ0v) is 28.5. The normalized spacial score (nSPS) is 11.3. The second-order valence-electron chi connectivity index (χ2n) is 9.59. The quantitative estimate of drug-likeness (QED) is 0.191. The molecule has 0 saturated heterocycles. The summed E-state index contributed by atoms with van der Waals surface area (Å²) in [6.45, 7) is 3.40. The molecule has 43 heavy (non-hydrogen) atoms. The molecule has 0 radical (unpaired) electrons. The monoisotopic (exact) mass is 660 g/mol. The van der Waals surface area contributed by atoms with Gasteiger partial charge in [-0.2, -0.15) is 0 Å². The van der Waals surface area contributed by atoms with Gasteiger partial charge in [0, 0.05) is 28.2 Å². The molecule has 228 valence electrons. The van der Waals surface area contributed by atoms with E-state index in [9.17, 15) is 35.5 Å². The van der Waals surface area contributed by atoms with Crippen LogP contribution in [0.3, 0.4) is 0 Å². The van der Waals surface area contributed by atoms with E-state index in [1.807, 2.05) is 12.1 Å². The van der Waals surface area contributed by atoms with Gasteiger partial charge in [0.2, 0.25) is 0 Å². The average molecular weight is 661 g/mol. The Morgan fingerprint density at radius 2 is 0.907 bits per heavy atom. The van der Waals surface area contributed by atoms with Crippen LogP contribution in [0.1, 0.15) is 11.4 Å². The van der Waals surface area contributed by atoms with E-state index in [4.69, 9.17) is 0 Å². The van der Waals surface area contributed by atoms with E-state index in [2.05, 4.69) is 0 Å². The van der Waals surface area contributed by atoms with Crippen LogP contribution in [-0.2, 0) is 34.3 Å². The number of aromatic nitrogens is 4. The van der Waals surface area contributed by atoms with Crippen LogP contribution >= 0.6 is 0 Å². The molecule has 0 saturated carbocycles. The molecule has 4 rings (SSSR count). The van der Waals surface area contributed by atoms with Crippen molar-refractivity contribution in [3.63, 3.8) is 0 Å². The molecule has 2 heterocycles. The minimum atomic E-state index is -4.45. The first-order chi connectivity index (χ1) is 19.4. The Bertz CT molecular complexity index is 1760. The van der Waals surface area contributed by atoms with Gasteiger partial charge in [0.25, 0.3) is 11.1 Å². The van der Waals surface area contributed by atoms with Crippen molar-refractivity contribution < 1.29 is 25.9 Å². The Morgan fingerprint density at radius 3 is 1.16 bits per heavy atom. The molecule has 0 spiro atoms. The number of benzene rings is 2. The van der Waals surface area contributed by atoms with Gasteiger partial charge in [0.1, 0.15) is 43.4 Å².